The molecule has 0 aromatic heterocycles. The number of benzene rings is 2. The molecule has 8 heteroatoms. The van der Waals surface area contributed by atoms with Crippen LogP contribution in [0.2, 0.25) is 0 Å². The molecule has 36 heavy (non-hydrogen) atoms. The van der Waals surface area contributed by atoms with Crippen molar-refractivity contribution in [2.24, 2.45) is 23.7 Å². The molecule has 188 valence electrons. The molecule has 4 aliphatic rings. The highest BCUT2D eigenvalue weighted by atomic mass is 16.5. The third-order valence-corrected chi connectivity index (χ3v) is 7.27. The predicted molar refractivity (Wildman–Crippen MR) is 129 cm³/mol. The van der Waals surface area contributed by atoms with Gasteiger partial charge in [-0.2, -0.15) is 0 Å². The molecule has 0 spiro atoms. The number of rotatable bonds is 4. The van der Waals surface area contributed by atoms with Crippen molar-refractivity contribution in [2.75, 3.05) is 39.4 Å². The van der Waals surface area contributed by atoms with Gasteiger partial charge < -0.3 is 9.47 Å². The third kappa shape index (κ3) is 5.39. The summed E-state index contributed by atoms with van der Waals surface area (Å²) >= 11 is 0. The molecule has 0 bridgehead atoms. The lowest BCUT2D eigenvalue weighted by Crippen LogP contribution is -2.46. The van der Waals surface area contributed by atoms with E-state index in [1.54, 1.807) is 0 Å². The number of carbonyl (C=O) groups excluding carboxylic acids is 4. The zero-order valence-electron chi connectivity index (χ0n) is 20.1. The van der Waals surface area contributed by atoms with Gasteiger partial charge in [0, 0.05) is 38.0 Å². The standard InChI is InChI=1S/2C14H15NO3/c2*16-12-8-15(6-10-4-2-1-3-5-10)7-11-9-18-14(17)13(11)12/h2*1-5,11,13H,6-9H2/t2*11-,13+/m10/s1. The van der Waals surface area contributed by atoms with Crippen molar-refractivity contribution in [1.29, 1.82) is 0 Å². The normalized spacial score (nSPS) is 28.0. The van der Waals surface area contributed by atoms with Gasteiger partial charge in [0.25, 0.3) is 0 Å². The summed E-state index contributed by atoms with van der Waals surface area (Å²) in [5.74, 6) is -1.57. The molecule has 2 aromatic rings. The van der Waals surface area contributed by atoms with Crippen molar-refractivity contribution in [3.05, 3.63) is 71.8 Å². The SMILES string of the molecule is O=C1CN(Cc2ccccc2)C[C@@H]2COC(=O)[C@H]12.O=C1CN(Cc2ccccc2)C[C@H]2COC(=O)[C@@H]12. The maximum Gasteiger partial charge on any atom is 0.317 e. The average Bonchev–Trinajstić information content (AvgIpc) is 3.43. The van der Waals surface area contributed by atoms with E-state index in [0.29, 0.717) is 26.3 Å². The Labute approximate surface area is 210 Å². The number of ketones is 2. The van der Waals surface area contributed by atoms with E-state index in [-0.39, 0.29) is 35.3 Å². The van der Waals surface area contributed by atoms with Crippen LogP contribution in [0, 0.1) is 23.7 Å². The summed E-state index contributed by atoms with van der Waals surface area (Å²) in [5.41, 5.74) is 2.38. The molecule has 4 heterocycles. The van der Waals surface area contributed by atoms with Crippen molar-refractivity contribution in [2.45, 2.75) is 13.1 Å². The van der Waals surface area contributed by atoms with Crippen LogP contribution >= 0.6 is 0 Å². The molecule has 2 aromatic carbocycles. The Morgan fingerprint density at radius 3 is 1.39 bits per heavy atom. The smallest absolute Gasteiger partial charge is 0.317 e. The largest absolute Gasteiger partial charge is 0.465 e. The Balaban J connectivity index is 0.000000148. The van der Waals surface area contributed by atoms with Gasteiger partial charge in [0.05, 0.1) is 26.3 Å². The van der Waals surface area contributed by atoms with E-state index in [9.17, 15) is 19.2 Å². The highest BCUT2D eigenvalue weighted by Gasteiger charge is 2.47. The Kier molecular flexibility index (Phi) is 7.25. The van der Waals surface area contributed by atoms with Crippen LogP contribution in [0.4, 0.5) is 0 Å². The zero-order chi connectivity index (χ0) is 25.1. The van der Waals surface area contributed by atoms with Gasteiger partial charge in [-0.25, -0.2) is 0 Å². The van der Waals surface area contributed by atoms with Gasteiger partial charge in [0.15, 0.2) is 11.6 Å². The van der Waals surface area contributed by atoms with E-state index in [2.05, 4.69) is 9.80 Å². The summed E-state index contributed by atoms with van der Waals surface area (Å²) in [7, 11) is 0. The molecule has 0 N–H and O–H groups in total. The third-order valence-electron chi connectivity index (χ3n) is 7.27. The van der Waals surface area contributed by atoms with Crippen molar-refractivity contribution in [3.63, 3.8) is 0 Å². The number of esters is 2. The fourth-order valence-electron chi connectivity index (χ4n) is 5.59. The Morgan fingerprint density at radius 2 is 1.00 bits per heavy atom. The van der Waals surface area contributed by atoms with Crippen molar-refractivity contribution < 1.29 is 28.7 Å². The summed E-state index contributed by atoms with van der Waals surface area (Å²) in [6.07, 6.45) is 0. The Hall–Kier alpha value is -3.36. The van der Waals surface area contributed by atoms with Gasteiger partial charge >= 0.3 is 11.9 Å². The van der Waals surface area contributed by atoms with Gasteiger partial charge in [0.1, 0.15) is 11.8 Å². The first-order valence-electron chi connectivity index (χ1n) is 12.4. The van der Waals surface area contributed by atoms with E-state index >= 15 is 0 Å². The van der Waals surface area contributed by atoms with Gasteiger partial charge in [-0.1, -0.05) is 60.7 Å². The molecule has 4 atom stereocenters. The summed E-state index contributed by atoms with van der Waals surface area (Å²) in [4.78, 5) is 50.9. The monoisotopic (exact) mass is 490 g/mol. The number of likely N-dealkylation sites (tertiary alicyclic amines) is 2. The van der Waals surface area contributed by atoms with E-state index in [1.165, 1.54) is 11.1 Å². The van der Waals surface area contributed by atoms with E-state index in [4.69, 9.17) is 9.47 Å². The molecule has 8 nitrogen and oxygen atoms in total. The highest BCUT2D eigenvalue weighted by Crippen LogP contribution is 2.30. The van der Waals surface area contributed by atoms with Crippen LogP contribution in [0.15, 0.2) is 60.7 Å². The number of hydrogen-bond acceptors (Lipinski definition) is 8. The number of nitrogens with zero attached hydrogens (tertiary/aromatic N) is 2. The van der Waals surface area contributed by atoms with Crippen LogP contribution in [0.1, 0.15) is 11.1 Å². The average molecular weight is 491 g/mol. The summed E-state index contributed by atoms with van der Waals surface area (Å²) in [6.45, 7) is 4.51. The molecule has 0 unspecified atom stereocenters. The molecule has 0 amide bonds. The second-order valence-electron chi connectivity index (χ2n) is 9.98. The van der Waals surface area contributed by atoms with Crippen LogP contribution in [-0.2, 0) is 41.7 Å². The number of Topliss-reactive ketones (excluding diaryl/α,β-unsaturated/α-hetero) is 2. The van der Waals surface area contributed by atoms with Crippen LogP contribution in [0.3, 0.4) is 0 Å². The van der Waals surface area contributed by atoms with Crippen LogP contribution in [-0.4, -0.2) is 72.7 Å². The highest BCUT2D eigenvalue weighted by molar-refractivity contribution is 6.02. The van der Waals surface area contributed by atoms with E-state index in [0.717, 1.165) is 26.2 Å². The summed E-state index contributed by atoms with van der Waals surface area (Å²) in [5, 5.41) is 0. The van der Waals surface area contributed by atoms with Crippen LogP contribution in [0.5, 0.6) is 0 Å². The lowest BCUT2D eigenvalue weighted by molar-refractivity contribution is -0.147. The van der Waals surface area contributed by atoms with E-state index in [1.807, 2.05) is 60.7 Å². The molecule has 4 saturated heterocycles. The maximum absolute atomic E-state index is 11.9. The molecule has 0 aliphatic carbocycles. The molecular formula is C28H30N2O6. The second-order valence-corrected chi connectivity index (χ2v) is 9.98. The first-order valence-corrected chi connectivity index (χ1v) is 12.4. The number of hydrogen-bond donors (Lipinski definition) is 0. The fourth-order valence-corrected chi connectivity index (χ4v) is 5.59. The van der Waals surface area contributed by atoms with Crippen molar-refractivity contribution >= 4 is 23.5 Å². The van der Waals surface area contributed by atoms with Gasteiger partial charge in [-0.15, -0.1) is 0 Å². The van der Waals surface area contributed by atoms with Gasteiger partial charge in [0.2, 0.25) is 0 Å². The minimum Gasteiger partial charge on any atom is -0.465 e. The predicted octanol–water partition coefficient (Wildman–Crippen LogP) is 1.72. The molecule has 4 aliphatic heterocycles. The summed E-state index contributed by atoms with van der Waals surface area (Å²) in [6, 6.07) is 20.1. The van der Waals surface area contributed by atoms with Gasteiger partial charge in [-0.3, -0.25) is 29.0 Å². The fraction of sp³-hybridized carbons (Fsp3) is 0.429. The van der Waals surface area contributed by atoms with E-state index < -0.39 is 11.8 Å². The Morgan fingerprint density at radius 1 is 0.611 bits per heavy atom. The van der Waals surface area contributed by atoms with Crippen molar-refractivity contribution in [3.8, 4) is 0 Å². The van der Waals surface area contributed by atoms with Crippen LogP contribution in [0.25, 0.3) is 0 Å². The maximum atomic E-state index is 11.9. The number of ether oxygens (including phenoxy) is 2. The lowest BCUT2D eigenvalue weighted by atomic mass is 9.87. The number of carbonyl (C=O) groups is 4. The first kappa shape index (κ1) is 24.3. The molecule has 0 radical (unpaired) electrons. The second kappa shape index (κ2) is 10.7. The molecule has 6 rings (SSSR count). The van der Waals surface area contributed by atoms with Gasteiger partial charge in [-0.05, 0) is 11.1 Å². The minimum atomic E-state index is -0.503. The topological polar surface area (TPSA) is 93.2 Å². The molecule has 4 fully saturated rings. The lowest BCUT2D eigenvalue weighted by Gasteiger charge is -2.31. The first-order chi connectivity index (χ1) is 17.5. The zero-order valence-corrected chi connectivity index (χ0v) is 20.1. The molecular weight excluding hydrogens is 460 g/mol. The number of fused-ring (bicyclic) bond motifs is 2. The molecule has 0 saturated carbocycles. The van der Waals surface area contributed by atoms with Crippen LogP contribution < -0.4 is 0 Å². The Bertz CT molecular complexity index is 1030. The quantitative estimate of drug-likeness (QED) is 0.473. The van der Waals surface area contributed by atoms with Crippen molar-refractivity contribution in [1.82, 2.24) is 9.80 Å². The number of cyclic esters (lactones) is 2. The summed E-state index contributed by atoms with van der Waals surface area (Å²) < 4.78 is 9.96. The minimum absolute atomic E-state index is 0.00433. The number of piperidine rings is 2.